The van der Waals surface area contributed by atoms with Crippen molar-refractivity contribution in [3.8, 4) is 46.0 Å². The van der Waals surface area contributed by atoms with Gasteiger partial charge in [0.2, 0.25) is 0 Å². The Labute approximate surface area is 871 Å². The number of benzene rings is 4. The highest BCUT2D eigenvalue weighted by atomic mass is 32.5. The summed E-state index contributed by atoms with van der Waals surface area (Å²) in [5.41, 5.74) is 6.64. The Morgan fingerprint density at radius 1 is 0.147 bits per heavy atom. The van der Waals surface area contributed by atoms with Gasteiger partial charge in [-0.1, -0.05) is 249 Å². The summed E-state index contributed by atoms with van der Waals surface area (Å²) in [6, 6.07) is 18.2. The zero-order valence-electron chi connectivity index (χ0n) is 90.8. The summed E-state index contributed by atoms with van der Waals surface area (Å²) in [4.78, 5) is 0. The van der Waals surface area contributed by atoms with Gasteiger partial charge in [0, 0.05) is 302 Å². The van der Waals surface area contributed by atoms with E-state index in [0.717, 1.165) is 44.5 Å². The number of hydrogen-bond acceptors (Lipinski definition) is 16. The minimum absolute atomic E-state index is 0.560. The van der Waals surface area contributed by atoms with Crippen LogP contribution in [0.2, 0.25) is 0 Å². The summed E-state index contributed by atoms with van der Waals surface area (Å²) in [7, 11) is 0. The van der Waals surface area contributed by atoms with Crippen molar-refractivity contribution >= 4 is 147 Å². The van der Waals surface area contributed by atoms with E-state index in [0.29, 0.717) is 255 Å². The van der Waals surface area contributed by atoms with Crippen molar-refractivity contribution in [3.05, 3.63) is 93.0 Å². The first kappa shape index (κ1) is 126. The Morgan fingerprint density at radius 3 is 0.272 bits per heavy atom. The Morgan fingerprint density at radius 2 is 0.213 bits per heavy atom. The fraction of sp³-hybridized carbons (Fsp3) is 0.750. The summed E-state index contributed by atoms with van der Waals surface area (Å²) in [6.45, 7) is 73.4. The van der Waals surface area contributed by atoms with Crippen LogP contribution in [0, 0.1) is 0 Å². The molecule has 0 saturated carbocycles. The predicted octanol–water partition coefficient (Wildman–Crippen LogP) is 26.9. The lowest BCUT2D eigenvalue weighted by molar-refractivity contribution is 0.350. The van der Waals surface area contributed by atoms with Gasteiger partial charge in [0.1, 0.15) is 46.0 Å². The van der Waals surface area contributed by atoms with Crippen molar-refractivity contribution in [2.75, 3.05) is 209 Å². The first-order chi connectivity index (χ1) is 64.6. The SMILES string of the molecule is CCN(CC)P(=S)(Oc1cc(OP(=S)(N(CC)CC)N(CC)CC)c2cc1C(C)c1cc(c(OP(=S)(N(CC)CC)N(CC)CC)cc1OP(=S)(N(CC)CC)N(CC)CC)C(C)c1cc(c(OP(=S)(N(CC)CC)N(CC)CC)cc1OP(=S)(N(CC)CC)N(CC)CC)C(C)c1cc(c(OP(=S)(N(CC)CC)N(CC)CC)cc1OP(=S)(N(CC)CC)N(CC)CC)C2C)N(CC)CC. The summed E-state index contributed by atoms with van der Waals surface area (Å²) in [5.74, 6) is 1.92. The number of nitrogens with zero attached hydrogens (tertiary/aromatic N) is 16. The van der Waals surface area contributed by atoms with E-state index in [1.807, 2.05) is 0 Å². The molecule has 1 aliphatic rings. The lowest BCUT2D eigenvalue weighted by atomic mass is 9.81. The van der Waals surface area contributed by atoms with Crippen molar-refractivity contribution < 1.29 is 36.2 Å². The van der Waals surface area contributed by atoms with Gasteiger partial charge in [-0.15, -0.1) is 0 Å². The minimum atomic E-state index is -3.26. The van der Waals surface area contributed by atoms with Crippen molar-refractivity contribution in [3.63, 3.8) is 0 Å². The van der Waals surface area contributed by atoms with Gasteiger partial charge in [-0.25, -0.2) is 74.7 Å². The van der Waals surface area contributed by atoms with E-state index in [2.05, 4.69) is 373 Å². The highest BCUT2D eigenvalue weighted by molar-refractivity contribution is 8.12. The van der Waals surface area contributed by atoms with Crippen LogP contribution in [0.1, 0.15) is 317 Å². The van der Waals surface area contributed by atoms with Crippen LogP contribution < -0.4 is 36.2 Å². The molecule has 0 spiro atoms. The standard InChI is InChI=1S/C96H184N16O8P8S8/c1-37-97(38-2)121(129,98(39-3)40-4)113-89-73-90(114-122(130,99(41-5)42-6)100(43-7)44-8)82-69-81(89)77(33)83-70-84(92(116-124(132,103(49-13)50-14)104(51-15)52-16)74-91(83)115-123(131,101(45-9)46-10)102(47-11)48-12)79(35)87-72-88(96(120-128(136,111(65-29)66-30)112(67-31)68-32)76-95(87)119-127(135,109(61-25)62-26)110(63-27)64-28)80(36)86-71-85(78(82)34)93(117-125(133,105(53-17)54-18)106(55-19)56-20)75-94(86)118-126(134,107(57-21)58-22)108(59-23)60-24/h69-80H,37-68H2,1-36H3. The highest BCUT2D eigenvalue weighted by Gasteiger charge is 2.47. The van der Waals surface area contributed by atoms with Gasteiger partial charge in [0.05, 0.1) is 0 Å². The topological polar surface area (TPSA) is 126 Å². The third kappa shape index (κ3) is 27.0. The molecule has 8 bridgehead atoms. The molecular weight excluding hydrogens is 2010 g/mol. The molecule has 0 saturated heterocycles. The zero-order valence-corrected chi connectivity index (χ0v) is 105. The predicted molar refractivity (Wildman–Crippen MR) is 622 cm³/mol. The second-order valence-corrected chi connectivity index (χ2v) is 63.3. The maximum atomic E-state index is 8.32. The fourth-order valence-electron chi connectivity index (χ4n) is 19.1. The van der Waals surface area contributed by atoms with Gasteiger partial charge in [0.25, 0.3) is 52.5 Å². The number of fused-ring (bicyclic) bond motifs is 8. The van der Waals surface area contributed by atoms with E-state index in [-0.39, 0.29) is 0 Å². The van der Waals surface area contributed by atoms with E-state index in [9.17, 15) is 0 Å². The zero-order chi connectivity index (χ0) is 103. The number of rotatable bonds is 64. The molecule has 0 aliphatic heterocycles. The van der Waals surface area contributed by atoms with Crippen LogP contribution in [-0.2, 0) is 94.5 Å². The molecule has 5 rings (SSSR count). The first-order valence-corrected chi connectivity index (χ1v) is 72.7. The molecule has 4 aromatic carbocycles. The van der Waals surface area contributed by atoms with Crippen LogP contribution in [0.4, 0.5) is 0 Å². The maximum absolute atomic E-state index is 8.32. The summed E-state index contributed by atoms with van der Waals surface area (Å²) in [5, 5.41) is 0. The van der Waals surface area contributed by atoms with Gasteiger partial charge in [0.15, 0.2) is 0 Å². The van der Waals surface area contributed by atoms with Crippen molar-refractivity contribution in [1.82, 2.24) is 74.7 Å². The van der Waals surface area contributed by atoms with Gasteiger partial charge >= 0.3 is 0 Å². The lowest BCUT2D eigenvalue weighted by Crippen LogP contribution is -2.35. The Bertz CT molecular complexity index is 3790. The largest absolute Gasteiger partial charge is 0.440 e. The van der Waals surface area contributed by atoms with Crippen LogP contribution in [-0.4, -0.2) is 284 Å². The van der Waals surface area contributed by atoms with E-state index < -0.39 is 76.2 Å². The Hall–Kier alpha value is -0.160. The molecule has 40 heteroatoms. The fourth-order valence-corrected chi connectivity index (χ4v) is 51.5. The molecule has 784 valence electrons. The smallest absolute Gasteiger partial charge is 0.253 e. The molecule has 1 aliphatic carbocycles. The molecule has 0 amide bonds. The van der Waals surface area contributed by atoms with Gasteiger partial charge in [-0.05, 0) is 119 Å². The molecule has 0 unspecified atom stereocenters. The third-order valence-electron chi connectivity index (χ3n) is 27.4. The van der Waals surface area contributed by atoms with Crippen molar-refractivity contribution in [2.24, 2.45) is 0 Å². The first-order valence-electron chi connectivity index (χ1n) is 51.7. The lowest BCUT2D eigenvalue weighted by Gasteiger charge is -2.43. The Balaban J connectivity index is 2.73. The van der Waals surface area contributed by atoms with E-state index >= 15 is 0 Å². The average Bonchev–Trinajstić information content (AvgIpc) is 0.734. The molecule has 0 radical (unpaired) electrons. The maximum Gasteiger partial charge on any atom is 0.253 e. The van der Waals surface area contributed by atoms with Crippen LogP contribution in [0.3, 0.4) is 0 Å². The van der Waals surface area contributed by atoms with Crippen LogP contribution >= 0.6 is 52.5 Å². The van der Waals surface area contributed by atoms with E-state index in [1.165, 1.54) is 0 Å². The van der Waals surface area contributed by atoms with Crippen molar-refractivity contribution in [2.45, 2.75) is 273 Å². The van der Waals surface area contributed by atoms with Crippen LogP contribution in [0.5, 0.6) is 46.0 Å². The van der Waals surface area contributed by atoms with Crippen LogP contribution in [0.15, 0.2) is 48.5 Å². The molecule has 0 fully saturated rings. The Kier molecular flexibility index (Phi) is 54.0. The molecular formula is C96H184N16O8P8S8. The molecule has 0 aromatic heterocycles. The quantitative estimate of drug-likeness (QED) is 0.0389. The molecule has 0 atom stereocenters. The summed E-state index contributed by atoms with van der Waals surface area (Å²) in [6.07, 6.45) is 0. The van der Waals surface area contributed by atoms with Gasteiger partial charge < -0.3 is 36.2 Å². The molecule has 136 heavy (non-hydrogen) atoms. The summed E-state index contributed by atoms with van der Waals surface area (Å²) >= 11 is 59.3. The highest BCUT2D eigenvalue weighted by Crippen LogP contribution is 2.68. The minimum Gasteiger partial charge on any atom is -0.440 e. The average molecular weight is 2190 g/mol. The van der Waals surface area contributed by atoms with Crippen molar-refractivity contribution in [1.29, 1.82) is 0 Å². The second kappa shape index (κ2) is 58.1. The second-order valence-electron chi connectivity index (χ2n) is 33.5. The van der Waals surface area contributed by atoms with Gasteiger partial charge in [-0.3, -0.25) is 0 Å². The summed E-state index contributed by atoms with van der Waals surface area (Å²) < 4.78 is 104. The molecule has 24 nitrogen and oxygen atoms in total. The van der Waals surface area contributed by atoms with Gasteiger partial charge in [-0.2, -0.15) is 0 Å². The van der Waals surface area contributed by atoms with E-state index in [1.54, 1.807) is 0 Å². The molecule has 4 aromatic rings. The normalized spacial score (nSPS) is 16.0. The monoisotopic (exact) mass is 2190 g/mol. The van der Waals surface area contributed by atoms with Crippen LogP contribution in [0.25, 0.3) is 0 Å². The molecule has 0 heterocycles. The van der Waals surface area contributed by atoms with E-state index in [4.69, 9.17) is 131 Å². The number of hydrogen-bond donors (Lipinski definition) is 0. The molecule has 0 N–H and O–H groups in total. The third-order valence-corrected chi connectivity index (χ3v) is 64.3.